The zero-order valence-corrected chi connectivity index (χ0v) is 13.9. The quantitative estimate of drug-likeness (QED) is 0.941. The zero-order valence-electron chi connectivity index (χ0n) is 13.1. The number of fused-ring (bicyclic) bond motifs is 1. The maximum Gasteiger partial charge on any atom is 0.195 e. The number of hydrogen-bond acceptors (Lipinski definition) is 4. The van der Waals surface area contributed by atoms with Crippen LogP contribution in [0.1, 0.15) is 51.6 Å². The van der Waals surface area contributed by atoms with Crippen LogP contribution in [0.3, 0.4) is 0 Å². The molecule has 2 aromatic heterocycles. The highest BCUT2D eigenvalue weighted by Gasteiger charge is 2.26. The smallest absolute Gasteiger partial charge is 0.195 e. The normalized spacial score (nSPS) is 21.7. The molecule has 5 heteroatoms. The fourth-order valence-corrected chi connectivity index (χ4v) is 4.15. The lowest BCUT2D eigenvalue weighted by Gasteiger charge is -2.30. The Bertz CT molecular complexity index is 586. The molecule has 0 amide bonds. The maximum atomic E-state index is 6.08. The summed E-state index contributed by atoms with van der Waals surface area (Å²) in [5, 5.41) is 2.11. The van der Waals surface area contributed by atoms with E-state index in [0.29, 0.717) is 6.04 Å². The Morgan fingerprint density at radius 2 is 2.29 bits per heavy atom. The molecule has 2 aromatic rings. The summed E-state index contributed by atoms with van der Waals surface area (Å²) >= 11 is 1.71. The van der Waals surface area contributed by atoms with Gasteiger partial charge in [0.2, 0.25) is 0 Å². The van der Waals surface area contributed by atoms with Crippen molar-refractivity contribution in [2.45, 2.75) is 64.5 Å². The summed E-state index contributed by atoms with van der Waals surface area (Å²) in [6.07, 6.45) is 9.48. The monoisotopic (exact) mass is 306 g/mol. The van der Waals surface area contributed by atoms with E-state index in [1.807, 2.05) is 0 Å². The van der Waals surface area contributed by atoms with Gasteiger partial charge in [-0.05, 0) is 26.2 Å². The molecule has 1 aliphatic heterocycles. The van der Waals surface area contributed by atoms with E-state index in [1.54, 1.807) is 11.3 Å². The molecule has 2 N–H and O–H groups in total. The van der Waals surface area contributed by atoms with Crippen molar-refractivity contribution in [2.24, 2.45) is 5.73 Å². The number of thiazole rings is 1. The molecule has 1 aliphatic rings. The van der Waals surface area contributed by atoms with Crippen LogP contribution in [-0.2, 0) is 6.42 Å². The second kappa shape index (κ2) is 6.36. The molecule has 3 heterocycles. The highest BCUT2D eigenvalue weighted by molar-refractivity contribution is 7.15. The lowest BCUT2D eigenvalue weighted by atomic mass is 10.1. The third kappa shape index (κ3) is 2.94. The summed E-state index contributed by atoms with van der Waals surface area (Å²) in [4.78, 5) is 8.60. The van der Waals surface area contributed by atoms with Crippen LogP contribution in [0.25, 0.3) is 4.96 Å². The lowest BCUT2D eigenvalue weighted by molar-refractivity contribution is 0.550. The van der Waals surface area contributed by atoms with Crippen molar-refractivity contribution in [1.82, 2.24) is 9.38 Å². The van der Waals surface area contributed by atoms with Crippen molar-refractivity contribution >= 4 is 22.1 Å². The second-order valence-electron chi connectivity index (χ2n) is 6.22. The zero-order chi connectivity index (χ0) is 14.8. The van der Waals surface area contributed by atoms with Gasteiger partial charge in [-0.15, -0.1) is 11.3 Å². The largest absolute Gasteiger partial charge is 0.352 e. The Morgan fingerprint density at radius 3 is 3.05 bits per heavy atom. The number of nitrogens with two attached hydrogens (primary N) is 1. The van der Waals surface area contributed by atoms with E-state index in [-0.39, 0.29) is 6.04 Å². The van der Waals surface area contributed by atoms with Gasteiger partial charge in [0.1, 0.15) is 0 Å². The predicted molar refractivity (Wildman–Crippen MR) is 90.3 cm³/mol. The second-order valence-corrected chi connectivity index (χ2v) is 7.10. The van der Waals surface area contributed by atoms with Gasteiger partial charge in [0, 0.05) is 36.6 Å². The van der Waals surface area contributed by atoms with Crippen LogP contribution in [-0.4, -0.2) is 28.0 Å². The van der Waals surface area contributed by atoms with Crippen molar-refractivity contribution < 1.29 is 0 Å². The summed E-state index contributed by atoms with van der Waals surface area (Å²) in [7, 11) is 0. The van der Waals surface area contributed by atoms with Crippen molar-refractivity contribution in [3.8, 4) is 0 Å². The first-order valence-corrected chi connectivity index (χ1v) is 9.05. The minimum atomic E-state index is 0.163. The standard InChI is InChI=1S/C16H26N4S/c1-3-13-7-5-4-6-8-19(13)15-14(11-12(2)17)20-9-10-21-16(20)18-15/h9-10,12-13H,3-8,11,17H2,1-2H3. The average molecular weight is 306 g/mol. The Balaban J connectivity index is 2.02. The summed E-state index contributed by atoms with van der Waals surface area (Å²) in [5.74, 6) is 1.19. The number of aromatic nitrogens is 2. The van der Waals surface area contributed by atoms with Crippen LogP contribution in [0.5, 0.6) is 0 Å². The number of anilines is 1. The molecule has 0 spiro atoms. The molecule has 4 nitrogen and oxygen atoms in total. The highest BCUT2D eigenvalue weighted by Crippen LogP contribution is 2.31. The van der Waals surface area contributed by atoms with Gasteiger partial charge >= 0.3 is 0 Å². The fraction of sp³-hybridized carbons (Fsp3) is 0.688. The van der Waals surface area contributed by atoms with Crippen LogP contribution in [0.2, 0.25) is 0 Å². The molecule has 0 radical (unpaired) electrons. The number of imidazole rings is 1. The first-order valence-electron chi connectivity index (χ1n) is 8.17. The molecular weight excluding hydrogens is 280 g/mol. The minimum absolute atomic E-state index is 0.163. The Hall–Kier alpha value is -1.07. The first kappa shape index (κ1) is 14.9. The van der Waals surface area contributed by atoms with Gasteiger partial charge < -0.3 is 10.6 Å². The van der Waals surface area contributed by atoms with Gasteiger partial charge in [-0.2, -0.15) is 0 Å². The molecule has 0 bridgehead atoms. The molecule has 0 saturated carbocycles. The van der Waals surface area contributed by atoms with Crippen molar-refractivity contribution in [3.63, 3.8) is 0 Å². The van der Waals surface area contributed by atoms with Gasteiger partial charge in [0.15, 0.2) is 10.8 Å². The van der Waals surface area contributed by atoms with Gasteiger partial charge in [-0.25, -0.2) is 4.98 Å². The van der Waals surface area contributed by atoms with E-state index in [2.05, 4.69) is 34.7 Å². The summed E-state index contributed by atoms with van der Waals surface area (Å²) in [6.45, 7) is 5.51. The number of nitrogens with zero attached hydrogens (tertiary/aromatic N) is 3. The number of hydrogen-bond donors (Lipinski definition) is 1. The SMILES string of the molecule is CCC1CCCCCN1c1nc2sccn2c1CC(C)N. The molecule has 1 fully saturated rings. The fourth-order valence-electron chi connectivity index (χ4n) is 3.43. The Morgan fingerprint density at radius 1 is 1.43 bits per heavy atom. The van der Waals surface area contributed by atoms with E-state index in [9.17, 15) is 0 Å². The topological polar surface area (TPSA) is 46.6 Å². The average Bonchev–Trinajstić information content (AvgIpc) is 2.94. The first-order chi connectivity index (χ1) is 10.2. The van der Waals surface area contributed by atoms with Gasteiger partial charge in [0.05, 0.1) is 5.69 Å². The molecule has 2 unspecified atom stereocenters. The summed E-state index contributed by atoms with van der Waals surface area (Å²) in [5.41, 5.74) is 7.38. The van der Waals surface area contributed by atoms with E-state index < -0.39 is 0 Å². The van der Waals surface area contributed by atoms with E-state index in [1.165, 1.54) is 43.6 Å². The molecule has 21 heavy (non-hydrogen) atoms. The number of rotatable bonds is 4. The van der Waals surface area contributed by atoms with Gasteiger partial charge in [-0.1, -0.05) is 19.8 Å². The van der Waals surface area contributed by atoms with Crippen molar-refractivity contribution in [1.29, 1.82) is 0 Å². The van der Waals surface area contributed by atoms with Crippen LogP contribution in [0, 0.1) is 0 Å². The third-order valence-electron chi connectivity index (χ3n) is 4.48. The molecule has 3 rings (SSSR count). The van der Waals surface area contributed by atoms with E-state index in [4.69, 9.17) is 10.7 Å². The van der Waals surface area contributed by atoms with E-state index in [0.717, 1.165) is 17.9 Å². The molecule has 116 valence electrons. The minimum Gasteiger partial charge on any atom is -0.352 e. The summed E-state index contributed by atoms with van der Waals surface area (Å²) in [6, 6.07) is 0.791. The van der Waals surface area contributed by atoms with Crippen LogP contribution in [0.15, 0.2) is 11.6 Å². The van der Waals surface area contributed by atoms with Crippen LogP contribution < -0.4 is 10.6 Å². The third-order valence-corrected chi connectivity index (χ3v) is 5.23. The molecular formula is C16H26N4S. The van der Waals surface area contributed by atoms with Gasteiger partial charge in [0.25, 0.3) is 0 Å². The van der Waals surface area contributed by atoms with Crippen LogP contribution >= 0.6 is 11.3 Å². The summed E-state index contributed by atoms with van der Waals surface area (Å²) < 4.78 is 2.24. The van der Waals surface area contributed by atoms with E-state index >= 15 is 0 Å². The highest BCUT2D eigenvalue weighted by atomic mass is 32.1. The molecule has 1 saturated heterocycles. The van der Waals surface area contributed by atoms with Crippen LogP contribution in [0.4, 0.5) is 5.82 Å². The molecule has 0 aliphatic carbocycles. The van der Waals surface area contributed by atoms with Crippen molar-refractivity contribution in [2.75, 3.05) is 11.4 Å². The predicted octanol–water partition coefficient (Wildman–Crippen LogP) is 3.44. The Kier molecular flexibility index (Phi) is 4.50. The molecule has 0 aromatic carbocycles. The maximum absolute atomic E-state index is 6.08. The van der Waals surface area contributed by atoms with Crippen molar-refractivity contribution in [3.05, 3.63) is 17.3 Å². The Labute approximate surface area is 131 Å². The molecule has 2 atom stereocenters. The van der Waals surface area contributed by atoms with Gasteiger partial charge in [-0.3, -0.25) is 4.40 Å². The lowest BCUT2D eigenvalue weighted by Crippen LogP contribution is -2.36.